The van der Waals surface area contributed by atoms with Crippen molar-refractivity contribution in [1.82, 2.24) is 4.90 Å². The van der Waals surface area contributed by atoms with Gasteiger partial charge in [-0.05, 0) is 41.0 Å². The molecule has 1 heterocycles. The van der Waals surface area contributed by atoms with Gasteiger partial charge in [0, 0.05) is 37.9 Å². The van der Waals surface area contributed by atoms with E-state index in [4.69, 9.17) is 9.47 Å². The third-order valence-electron chi connectivity index (χ3n) is 6.46. The Morgan fingerprint density at radius 3 is 2.49 bits per heavy atom. The van der Waals surface area contributed by atoms with Crippen molar-refractivity contribution < 1.29 is 14.3 Å². The first kappa shape index (κ1) is 22.9. The fourth-order valence-corrected chi connectivity index (χ4v) is 4.74. The molecule has 35 heavy (non-hydrogen) atoms. The second-order valence-electron chi connectivity index (χ2n) is 8.72. The van der Waals surface area contributed by atoms with Gasteiger partial charge in [0.1, 0.15) is 11.9 Å². The molecule has 1 amide bonds. The number of carbonyl (C=O) groups excluding carboxylic acids is 1. The van der Waals surface area contributed by atoms with Crippen LogP contribution in [-0.4, -0.2) is 37.7 Å². The van der Waals surface area contributed by atoms with Crippen LogP contribution in [0.15, 0.2) is 91.0 Å². The Bertz CT molecular complexity index is 1310. The van der Waals surface area contributed by atoms with E-state index in [2.05, 4.69) is 35.6 Å². The number of nitrogens with one attached hydrogen (secondary N) is 1. The highest BCUT2D eigenvalue weighted by Gasteiger charge is 2.35. The Labute approximate surface area is 206 Å². The Morgan fingerprint density at radius 1 is 0.857 bits per heavy atom. The highest BCUT2D eigenvalue weighted by Crippen LogP contribution is 2.40. The van der Waals surface area contributed by atoms with Crippen molar-refractivity contribution in [3.8, 4) is 5.75 Å². The SMILES string of the molecule is COCCCN1C(=O)c2ccccc2NC1c1c(OCCc2ccccc2)ccc2ccccc12. The summed E-state index contributed by atoms with van der Waals surface area (Å²) in [5, 5.41) is 5.83. The molecule has 1 atom stereocenters. The van der Waals surface area contributed by atoms with Crippen molar-refractivity contribution in [3.63, 3.8) is 0 Å². The van der Waals surface area contributed by atoms with Crippen LogP contribution in [0.25, 0.3) is 10.8 Å². The van der Waals surface area contributed by atoms with Crippen molar-refractivity contribution in [2.75, 3.05) is 32.2 Å². The number of benzene rings is 4. The predicted molar refractivity (Wildman–Crippen MR) is 140 cm³/mol. The van der Waals surface area contributed by atoms with E-state index in [0.717, 1.165) is 40.6 Å². The van der Waals surface area contributed by atoms with Gasteiger partial charge in [-0.25, -0.2) is 0 Å². The second kappa shape index (κ2) is 10.6. The average Bonchev–Trinajstić information content (AvgIpc) is 2.90. The zero-order chi connectivity index (χ0) is 24.0. The van der Waals surface area contributed by atoms with E-state index in [1.165, 1.54) is 5.56 Å². The number of carbonyl (C=O) groups is 1. The van der Waals surface area contributed by atoms with E-state index >= 15 is 0 Å². The molecular weight excluding hydrogens is 436 g/mol. The van der Waals surface area contributed by atoms with Gasteiger partial charge < -0.3 is 19.7 Å². The summed E-state index contributed by atoms with van der Waals surface area (Å²) in [5.41, 5.74) is 3.74. The minimum Gasteiger partial charge on any atom is -0.493 e. The van der Waals surface area contributed by atoms with E-state index in [1.807, 2.05) is 65.6 Å². The van der Waals surface area contributed by atoms with Crippen LogP contribution in [0.4, 0.5) is 5.69 Å². The van der Waals surface area contributed by atoms with Gasteiger partial charge in [0.15, 0.2) is 0 Å². The molecule has 4 aromatic rings. The molecule has 178 valence electrons. The molecule has 4 aromatic carbocycles. The number of fused-ring (bicyclic) bond motifs is 2. The lowest BCUT2D eigenvalue weighted by atomic mass is 9.97. The van der Waals surface area contributed by atoms with Gasteiger partial charge in [-0.15, -0.1) is 0 Å². The van der Waals surface area contributed by atoms with Gasteiger partial charge in [-0.3, -0.25) is 4.79 Å². The molecule has 5 nitrogen and oxygen atoms in total. The standard InChI is InChI=1S/C30H30N2O3/c1-34-20-9-19-32-29(31-26-15-8-7-14-25(26)30(32)33)28-24-13-6-5-12-23(24)16-17-27(28)35-21-18-22-10-3-2-4-11-22/h2-8,10-17,29,31H,9,18-21H2,1H3. The van der Waals surface area contributed by atoms with Crippen molar-refractivity contribution >= 4 is 22.4 Å². The van der Waals surface area contributed by atoms with Crippen LogP contribution in [0.1, 0.15) is 34.1 Å². The van der Waals surface area contributed by atoms with Gasteiger partial charge >= 0.3 is 0 Å². The van der Waals surface area contributed by atoms with Gasteiger partial charge in [0.2, 0.25) is 0 Å². The Hall–Kier alpha value is -3.83. The number of hydrogen-bond acceptors (Lipinski definition) is 4. The lowest BCUT2D eigenvalue weighted by Gasteiger charge is -2.39. The van der Waals surface area contributed by atoms with Crippen molar-refractivity contribution in [2.24, 2.45) is 0 Å². The largest absolute Gasteiger partial charge is 0.493 e. The minimum atomic E-state index is -0.355. The van der Waals surface area contributed by atoms with Gasteiger partial charge in [0.25, 0.3) is 5.91 Å². The van der Waals surface area contributed by atoms with Crippen LogP contribution < -0.4 is 10.1 Å². The number of para-hydroxylation sites is 1. The third kappa shape index (κ3) is 4.86. The number of ether oxygens (including phenoxy) is 2. The summed E-state index contributed by atoms with van der Waals surface area (Å²) in [7, 11) is 1.69. The quantitative estimate of drug-likeness (QED) is 0.305. The van der Waals surface area contributed by atoms with Crippen LogP contribution >= 0.6 is 0 Å². The number of methoxy groups -OCH3 is 1. The van der Waals surface area contributed by atoms with Crippen molar-refractivity contribution in [1.29, 1.82) is 0 Å². The second-order valence-corrected chi connectivity index (χ2v) is 8.72. The molecule has 5 rings (SSSR count). The summed E-state index contributed by atoms with van der Waals surface area (Å²) < 4.78 is 11.7. The van der Waals surface area contributed by atoms with E-state index in [-0.39, 0.29) is 12.1 Å². The zero-order valence-corrected chi connectivity index (χ0v) is 19.9. The summed E-state index contributed by atoms with van der Waals surface area (Å²) in [5.74, 6) is 0.810. The van der Waals surface area contributed by atoms with Gasteiger partial charge in [-0.1, -0.05) is 72.8 Å². The normalized spacial score (nSPS) is 15.1. The third-order valence-corrected chi connectivity index (χ3v) is 6.46. The Balaban J connectivity index is 1.54. The Morgan fingerprint density at radius 2 is 1.63 bits per heavy atom. The van der Waals surface area contributed by atoms with E-state index in [0.29, 0.717) is 25.3 Å². The first-order valence-electron chi connectivity index (χ1n) is 12.1. The number of hydrogen-bond donors (Lipinski definition) is 1. The molecule has 0 spiro atoms. The van der Waals surface area contributed by atoms with Crippen LogP contribution in [0.5, 0.6) is 5.75 Å². The van der Waals surface area contributed by atoms with Gasteiger partial charge in [-0.2, -0.15) is 0 Å². The predicted octanol–water partition coefficient (Wildman–Crippen LogP) is 6.06. The molecule has 0 saturated heterocycles. The molecule has 0 radical (unpaired) electrons. The summed E-state index contributed by atoms with van der Waals surface area (Å²) in [6, 6.07) is 30.4. The maximum Gasteiger partial charge on any atom is 0.257 e. The highest BCUT2D eigenvalue weighted by atomic mass is 16.5. The van der Waals surface area contributed by atoms with E-state index in [1.54, 1.807) is 7.11 Å². The highest BCUT2D eigenvalue weighted by molar-refractivity contribution is 6.02. The molecule has 1 aliphatic rings. The van der Waals surface area contributed by atoms with E-state index < -0.39 is 0 Å². The number of nitrogens with zero attached hydrogens (tertiary/aromatic N) is 1. The number of rotatable bonds is 9. The summed E-state index contributed by atoms with van der Waals surface area (Å²) in [6.45, 7) is 1.72. The number of anilines is 1. The molecule has 0 fully saturated rings. The number of amides is 1. The molecule has 1 aliphatic heterocycles. The maximum atomic E-state index is 13.6. The minimum absolute atomic E-state index is 0.0172. The van der Waals surface area contributed by atoms with Crippen LogP contribution in [0.3, 0.4) is 0 Å². The monoisotopic (exact) mass is 466 g/mol. The molecule has 1 N–H and O–H groups in total. The molecule has 0 aromatic heterocycles. The first-order chi connectivity index (χ1) is 17.3. The fraction of sp³-hybridized carbons (Fsp3) is 0.233. The molecule has 0 bridgehead atoms. The first-order valence-corrected chi connectivity index (χ1v) is 12.1. The lowest BCUT2D eigenvalue weighted by molar-refractivity contribution is 0.0659. The van der Waals surface area contributed by atoms with Crippen LogP contribution in [0.2, 0.25) is 0 Å². The molecule has 1 unspecified atom stereocenters. The van der Waals surface area contributed by atoms with Crippen LogP contribution in [-0.2, 0) is 11.2 Å². The zero-order valence-electron chi connectivity index (χ0n) is 19.9. The average molecular weight is 467 g/mol. The molecular formula is C30H30N2O3. The van der Waals surface area contributed by atoms with Crippen LogP contribution in [0, 0.1) is 0 Å². The molecule has 5 heteroatoms. The summed E-state index contributed by atoms with van der Waals surface area (Å²) in [4.78, 5) is 15.6. The van der Waals surface area contributed by atoms with Crippen molar-refractivity contribution in [3.05, 3.63) is 108 Å². The van der Waals surface area contributed by atoms with Crippen molar-refractivity contribution in [2.45, 2.75) is 19.0 Å². The lowest BCUT2D eigenvalue weighted by Crippen LogP contribution is -2.44. The summed E-state index contributed by atoms with van der Waals surface area (Å²) >= 11 is 0. The molecule has 0 saturated carbocycles. The topological polar surface area (TPSA) is 50.8 Å². The van der Waals surface area contributed by atoms with Gasteiger partial charge in [0.05, 0.1) is 12.2 Å². The Kier molecular flexibility index (Phi) is 6.96. The summed E-state index contributed by atoms with van der Waals surface area (Å²) in [6.07, 6.45) is 1.20. The van der Waals surface area contributed by atoms with E-state index in [9.17, 15) is 4.79 Å². The smallest absolute Gasteiger partial charge is 0.257 e. The fourth-order valence-electron chi connectivity index (χ4n) is 4.74. The maximum absolute atomic E-state index is 13.6. The molecule has 0 aliphatic carbocycles.